The lowest BCUT2D eigenvalue weighted by Gasteiger charge is -2.41. The lowest BCUT2D eigenvalue weighted by molar-refractivity contribution is -0.301. The fourth-order valence-electron chi connectivity index (χ4n) is 7.10. The number of unbranched alkanes of at least 4 members (excludes halogenated alkanes) is 19. The van der Waals surface area contributed by atoms with Crippen LogP contribution in [0.25, 0.3) is 0 Å². The first-order chi connectivity index (χ1) is 30.1. The van der Waals surface area contributed by atoms with Crippen LogP contribution >= 0.6 is 0 Å². The van der Waals surface area contributed by atoms with Crippen LogP contribution in [0.1, 0.15) is 181 Å². The molecule has 0 aliphatic carbocycles. The van der Waals surface area contributed by atoms with Crippen LogP contribution in [0.5, 0.6) is 0 Å². The molecular weight excluding hydrogens is 813 g/mol. The molecule has 4 N–H and O–H groups in total. The fourth-order valence-corrected chi connectivity index (χ4v) is 7.61. The molecule has 0 aromatic heterocycles. The maximum atomic E-state index is 12.8. The summed E-state index contributed by atoms with van der Waals surface area (Å²) in [6.07, 6.45) is 41.5. The van der Waals surface area contributed by atoms with Gasteiger partial charge in [-0.1, -0.05) is 197 Å². The van der Waals surface area contributed by atoms with E-state index >= 15 is 0 Å². The summed E-state index contributed by atoms with van der Waals surface area (Å²) in [6.45, 7) is 3.77. The fraction of sp³-hybridized carbons (Fsp3) is 0.776. The summed E-state index contributed by atoms with van der Waals surface area (Å²) in [6, 6.07) is 0. The molecule has 0 spiro atoms. The highest BCUT2D eigenvalue weighted by Gasteiger charge is 2.48. The van der Waals surface area contributed by atoms with Crippen molar-refractivity contribution in [1.29, 1.82) is 0 Å². The van der Waals surface area contributed by atoms with Gasteiger partial charge in [-0.15, -0.1) is 0 Å². The van der Waals surface area contributed by atoms with Crippen LogP contribution in [-0.2, 0) is 38.3 Å². The van der Waals surface area contributed by atoms with Crippen LogP contribution in [0.4, 0.5) is 0 Å². The number of hydrogen-bond acceptors (Lipinski definition) is 11. The molecular formula is C49H86O12S. The molecule has 1 rings (SSSR count). The molecule has 1 aliphatic heterocycles. The van der Waals surface area contributed by atoms with Gasteiger partial charge in [0.15, 0.2) is 6.29 Å². The summed E-state index contributed by atoms with van der Waals surface area (Å²) in [5.74, 6) is -0.524. The number of ether oxygens (including phenoxy) is 4. The Morgan fingerprint density at radius 1 is 0.613 bits per heavy atom. The molecule has 1 fully saturated rings. The van der Waals surface area contributed by atoms with Crippen molar-refractivity contribution in [2.24, 2.45) is 0 Å². The number of rotatable bonds is 41. The molecule has 1 saturated heterocycles. The number of aliphatic hydroxyl groups is 3. The predicted octanol–water partition coefficient (Wildman–Crippen LogP) is 10.5. The maximum absolute atomic E-state index is 12.8. The topological polar surface area (TPSA) is 178 Å². The van der Waals surface area contributed by atoms with Crippen molar-refractivity contribution in [2.75, 3.05) is 26.4 Å². The first kappa shape index (κ1) is 57.8. The first-order valence-electron chi connectivity index (χ1n) is 24.0. The predicted molar refractivity (Wildman–Crippen MR) is 248 cm³/mol. The van der Waals surface area contributed by atoms with E-state index in [9.17, 15) is 28.5 Å². The average Bonchev–Trinajstić information content (AvgIpc) is 3.24. The molecule has 0 saturated carbocycles. The molecule has 360 valence electrons. The van der Waals surface area contributed by atoms with E-state index in [0.29, 0.717) is 13.0 Å². The monoisotopic (exact) mass is 899 g/mol. The summed E-state index contributed by atoms with van der Waals surface area (Å²) in [5, 5.41) is 30.7. The summed E-state index contributed by atoms with van der Waals surface area (Å²) < 4.78 is 59.0. The molecule has 1 heterocycles. The SMILES string of the molecule is CC/C=C\C/C=C\C/C=C\C/C=C\C/C=C\CC(=O)OC(COCCCCCCCCCCCCCCCCCCCCCC)COC1OC(CO)C(O)C(OS(=O)(=O)O)C1O. The summed E-state index contributed by atoms with van der Waals surface area (Å²) in [7, 11) is -5.08. The van der Waals surface area contributed by atoms with Crippen LogP contribution in [0.3, 0.4) is 0 Å². The highest BCUT2D eigenvalue weighted by Crippen LogP contribution is 2.26. The molecule has 0 radical (unpaired) electrons. The Labute approximate surface area is 376 Å². The average molecular weight is 899 g/mol. The zero-order valence-corrected chi connectivity index (χ0v) is 39.2. The first-order valence-corrected chi connectivity index (χ1v) is 25.4. The molecule has 12 nitrogen and oxygen atoms in total. The molecule has 0 aromatic rings. The van der Waals surface area contributed by atoms with E-state index < -0.39 is 59.8 Å². The van der Waals surface area contributed by atoms with Gasteiger partial charge in [-0.3, -0.25) is 9.35 Å². The minimum atomic E-state index is -5.08. The third-order valence-electron chi connectivity index (χ3n) is 10.7. The Morgan fingerprint density at radius 3 is 1.48 bits per heavy atom. The smallest absolute Gasteiger partial charge is 0.397 e. The second-order valence-electron chi connectivity index (χ2n) is 16.3. The summed E-state index contributed by atoms with van der Waals surface area (Å²) >= 11 is 0. The van der Waals surface area contributed by atoms with Gasteiger partial charge in [0.2, 0.25) is 0 Å². The standard InChI is InChI=1S/C49H86O12S/c1-3-5-7-9-11-13-15-17-19-20-21-22-23-25-27-29-31-33-35-37-39-57-41-43(42-58-49-47(53)48(61-62(54,55)56)46(52)44(40-50)60-49)59-45(51)38-36-34-32-30-28-26-24-18-16-14-12-10-8-6-4-2/h6,8,12,14,18,24,28,30,34,36,43-44,46-50,52-53H,3-5,7,9-11,13,15-17,19-23,25-27,29,31-33,35,37-42H2,1-2H3,(H,54,55,56)/b8-6-,14-12-,24-18-,30-28-,36-34-. The van der Waals surface area contributed by atoms with Gasteiger partial charge in [-0.2, -0.15) is 8.42 Å². The van der Waals surface area contributed by atoms with Gasteiger partial charge in [-0.05, 0) is 38.5 Å². The van der Waals surface area contributed by atoms with Crippen molar-refractivity contribution < 1.29 is 56.2 Å². The molecule has 6 atom stereocenters. The van der Waals surface area contributed by atoms with Gasteiger partial charge in [0.05, 0.1) is 26.2 Å². The second kappa shape index (κ2) is 40.3. The Bertz CT molecular complexity index is 1310. The molecule has 6 unspecified atom stereocenters. The van der Waals surface area contributed by atoms with Gasteiger partial charge >= 0.3 is 16.4 Å². The number of carbonyl (C=O) groups excluding carboxylic acids is 1. The van der Waals surface area contributed by atoms with Crippen molar-refractivity contribution in [3.05, 3.63) is 60.8 Å². The van der Waals surface area contributed by atoms with Gasteiger partial charge in [-0.25, -0.2) is 4.18 Å². The van der Waals surface area contributed by atoms with Crippen LogP contribution in [0, 0.1) is 0 Å². The van der Waals surface area contributed by atoms with Crippen molar-refractivity contribution in [1.82, 2.24) is 0 Å². The highest BCUT2D eigenvalue weighted by atomic mass is 32.3. The molecule has 13 heteroatoms. The lowest BCUT2D eigenvalue weighted by atomic mass is 9.99. The van der Waals surface area contributed by atoms with Gasteiger partial charge in [0.25, 0.3) is 0 Å². The zero-order chi connectivity index (χ0) is 45.4. The molecule has 0 amide bonds. The number of carbonyl (C=O) groups is 1. The van der Waals surface area contributed by atoms with E-state index in [1.54, 1.807) is 6.08 Å². The largest absolute Gasteiger partial charge is 0.457 e. The molecule has 0 aromatic carbocycles. The second-order valence-corrected chi connectivity index (χ2v) is 17.4. The van der Waals surface area contributed by atoms with Crippen LogP contribution in [-0.4, -0.2) is 97.5 Å². The number of hydrogen-bond donors (Lipinski definition) is 4. The normalized spacial score (nSPS) is 20.5. The zero-order valence-electron chi connectivity index (χ0n) is 38.4. The summed E-state index contributed by atoms with van der Waals surface area (Å²) in [5.41, 5.74) is 0. The van der Waals surface area contributed by atoms with Crippen molar-refractivity contribution in [3.8, 4) is 0 Å². The molecule has 1 aliphatic rings. The molecule has 62 heavy (non-hydrogen) atoms. The van der Waals surface area contributed by atoms with Crippen molar-refractivity contribution >= 4 is 16.4 Å². The van der Waals surface area contributed by atoms with Gasteiger partial charge in [0.1, 0.15) is 30.5 Å². The minimum Gasteiger partial charge on any atom is -0.457 e. The Hall–Kier alpha value is -2.20. The third-order valence-corrected chi connectivity index (χ3v) is 11.2. The Kier molecular flexibility index (Phi) is 37.6. The lowest BCUT2D eigenvalue weighted by Crippen LogP contribution is -2.60. The maximum Gasteiger partial charge on any atom is 0.397 e. The van der Waals surface area contributed by atoms with Crippen LogP contribution in [0.2, 0.25) is 0 Å². The third kappa shape index (κ3) is 33.3. The quantitative estimate of drug-likeness (QED) is 0.0198. The van der Waals surface area contributed by atoms with E-state index in [1.165, 1.54) is 109 Å². The number of esters is 1. The summed E-state index contributed by atoms with van der Waals surface area (Å²) in [4.78, 5) is 12.8. The van der Waals surface area contributed by atoms with Crippen molar-refractivity contribution in [3.63, 3.8) is 0 Å². The van der Waals surface area contributed by atoms with Gasteiger partial charge < -0.3 is 34.3 Å². The molecule has 0 bridgehead atoms. The van der Waals surface area contributed by atoms with Gasteiger partial charge in [0, 0.05) is 6.61 Å². The van der Waals surface area contributed by atoms with E-state index in [2.05, 4.69) is 60.6 Å². The van der Waals surface area contributed by atoms with E-state index in [0.717, 1.165) is 44.9 Å². The van der Waals surface area contributed by atoms with E-state index in [-0.39, 0.29) is 19.6 Å². The Morgan fingerprint density at radius 2 is 1.05 bits per heavy atom. The number of allylic oxidation sites excluding steroid dienone is 9. The van der Waals surface area contributed by atoms with E-state index in [4.69, 9.17) is 23.5 Å². The van der Waals surface area contributed by atoms with Crippen molar-refractivity contribution in [2.45, 2.75) is 218 Å². The van der Waals surface area contributed by atoms with E-state index in [1.807, 2.05) is 12.2 Å². The Balaban J connectivity index is 2.43. The van der Waals surface area contributed by atoms with Crippen LogP contribution < -0.4 is 0 Å². The minimum absolute atomic E-state index is 0.00362. The highest BCUT2D eigenvalue weighted by molar-refractivity contribution is 7.80. The number of aliphatic hydroxyl groups excluding tert-OH is 3. The van der Waals surface area contributed by atoms with Crippen LogP contribution in [0.15, 0.2) is 60.8 Å².